The summed E-state index contributed by atoms with van der Waals surface area (Å²) in [5.41, 5.74) is 1.97. The monoisotopic (exact) mass is 479 g/mol. The Morgan fingerprint density at radius 2 is 1.68 bits per heavy atom. The number of hydrogen-bond acceptors (Lipinski definition) is 8. The minimum absolute atomic E-state index is 0.0403. The summed E-state index contributed by atoms with van der Waals surface area (Å²) >= 11 is 1.30. The van der Waals surface area contributed by atoms with Crippen molar-refractivity contribution in [3.8, 4) is 22.8 Å². The van der Waals surface area contributed by atoms with E-state index in [4.69, 9.17) is 14.2 Å². The molecular weight excluding hydrogens is 458 g/mol. The molecule has 0 saturated heterocycles. The molecule has 0 fully saturated rings. The third-order valence-electron chi connectivity index (χ3n) is 5.21. The van der Waals surface area contributed by atoms with E-state index in [9.17, 15) is 14.4 Å². The van der Waals surface area contributed by atoms with Crippen LogP contribution in [-0.4, -0.2) is 42.6 Å². The van der Waals surface area contributed by atoms with Crippen molar-refractivity contribution in [2.45, 2.75) is 6.92 Å². The summed E-state index contributed by atoms with van der Waals surface area (Å²) in [6.07, 6.45) is 1.22. The van der Waals surface area contributed by atoms with Crippen molar-refractivity contribution in [1.82, 2.24) is 9.38 Å². The molecule has 0 saturated carbocycles. The van der Waals surface area contributed by atoms with E-state index in [1.54, 1.807) is 0 Å². The van der Waals surface area contributed by atoms with Crippen LogP contribution in [0.3, 0.4) is 0 Å². The van der Waals surface area contributed by atoms with E-state index in [2.05, 4.69) is 10.3 Å². The van der Waals surface area contributed by atoms with E-state index in [1.165, 1.54) is 55.4 Å². The fraction of sp³-hybridized carbons (Fsp3) is 0.167. The molecule has 0 aliphatic rings. The number of carbonyl (C=O) groups is 2. The summed E-state index contributed by atoms with van der Waals surface area (Å²) in [6, 6.07) is 10.5. The van der Waals surface area contributed by atoms with E-state index in [0.29, 0.717) is 10.7 Å². The van der Waals surface area contributed by atoms with Crippen LogP contribution in [0, 0.1) is 6.92 Å². The number of aromatic nitrogens is 2. The SMILES string of the molecule is COC(=O)c1cc(OC)c(OC)cc1NC(=O)c1cnc2scc(-c3ccc(C)cc3)n2c1=O. The molecule has 0 bridgehead atoms. The number of fused-ring (bicyclic) bond motifs is 1. The third-order valence-corrected chi connectivity index (χ3v) is 6.05. The molecule has 0 radical (unpaired) electrons. The fourth-order valence-corrected chi connectivity index (χ4v) is 4.28. The van der Waals surface area contributed by atoms with Gasteiger partial charge in [0.05, 0.1) is 38.3 Å². The number of rotatable bonds is 6. The molecule has 2 heterocycles. The van der Waals surface area contributed by atoms with E-state index in [0.717, 1.165) is 11.1 Å². The molecule has 10 heteroatoms. The Morgan fingerprint density at radius 3 is 2.32 bits per heavy atom. The van der Waals surface area contributed by atoms with Gasteiger partial charge in [0.25, 0.3) is 11.5 Å². The van der Waals surface area contributed by atoms with Crippen LogP contribution in [0.1, 0.15) is 26.3 Å². The molecular formula is C24H21N3O6S. The average molecular weight is 480 g/mol. The zero-order valence-electron chi connectivity index (χ0n) is 18.9. The highest BCUT2D eigenvalue weighted by molar-refractivity contribution is 7.15. The second-order valence-electron chi connectivity index (χ2n) is 7.28. The largest absolute Gasteiger partial charge is 0.493 e. The first-order valence-electron chi connectivity index (χ1n) is 10.1. The van der Waals surface area contributed by atoms with Gasteiger partial charge in [-0.3, -0.25) is 14.0 Å². The van der Waals surface area contributed by atoms with Crippen molar-refractivity contribution in [3.05, 3.63) is 75.0 Å². The summed E-state index contributed by atoms with van der Waals surface area (Å²) in [7, 11) is 4.07. The quantitative estimate of drug-likeness (QED) is 0.419. The summed E-state index contributed by atoms with van der Waals surface area (Å²) in [4.78, 5) is 43.5. The number of nitrogens with one attached hydrogen (secondary N) is 1. The van der Waals surface area contributed by atoms with Gasteiger partial charge in [-0.2, -0.15) is 0 Å². The molecule has 2 aromatic heterocycles. The standard InChI is InChI=1S/C24H21N3O6S/c1-13-5-7-14(8-6-13)18-12-34-24-25-11-16(22(29)27(18)24)21(28)26-17-10-20(32-3)19(31-2)9-15(17)23(30)33-4/h5-12H,1-4H3,(H,26,28). The number of aryl methyl sites for hydroxylation is 1. The molecule has 2 aromatic carbocycles. The number of ether oxygens (including phenoxy) is 3. The molecule has 0 aliphatic carbocycles. The number of esters is 1. The maximum absolute atomic E-state index is 13.3. The van der Waals surface area contributed by atoms with Crippen molar-refractivity contribution >= 4 is 33.9 Å². The van der Waals surface area contributed by atoms with Crippen molar-refractivity contribution in [2.75, 3.05) is 26.6 Å². The number of hydrogen-bond donors (Lipinski definition) is 1. The molecule has 0 unspecified atom stereocenters. The lowest BCUT2D eigenvalue weighted by Crippen LogP contribution is -2.27. The first kappa shape index (κ1) is 23.0. The minimum Gasteiger partial charge on any atom is -0.493 e. The predicted octanol–water partition coefficient (Wildman–Crippen LogP) is 3.79. The topological polar surface area (TPSA) is 108 Å². The highest BCUT2D eigenvalue weighted by atomic mass is 32.1. The summed E-state index contributed by atoms with van der Waals surface area (Å²) < 4.78 is 16.7. The highest BCUT2D eigenvalue weighted by Gasteiger charge is 2.22. The molecule has 4 rings (SSSR count). The second kappa shape index (κ2) is 9.36. The van der Waals surface area contributed by atoms with Gasteiger partial charge in [0.2, 0.25) is 0 Å². The Hall–Kier alpha value is -4.18. The number of nitrogens with zero attached hydrogens (tertiary/aromatic N) is 2. The number of methoxy groups -OCH3 is 3. The van der Waals surface area contributed by atoms with Gasteiger partial charge in [-0.15, -0.1) is 11.3 Å². The van der Waals surface area contributed by atoms with Gasteiger partial charge in [0.15, 0.2) is 16.5 Å². The molecule has 0 atom stereocenters. The van der Waals surface area contributed by atoms with Crippen LogP contribution in [0.25, 0.3) is 16.2 Å². The minimum atomic E-state index is -0.731. The molecule has 4 aromatic rings. The van der Waals surface area contributed by atoms with Crippen molar-refractivity contribution in [2.24, 2.45) is 0 Å². The van der Waals surface area contributed by atoms with E-state index >= 15 is 0 Å². The Labute approximate surface area is 198 Å². The number of carbonyl (C=O) groups excluding carboxylic acids is 2. The first-order chi connectivity index (χ1) is 16.4. The highest BCUT2D eigenvalue weighted by Crippen LogP contribution is 2.34. The van der Waals surface area contributed by atoms with Crippen molar-refractivity contribution in [3.63, 3.8) is 0 Å². The smallest absolute Gasteiger partial charge is 0.340 e. The molecule has 174 valence electrons. The van der Waals surface area contributed by atoms with Crippen LogP contribution >= 0.6 is 11.3 Å². The van der Waals surface area contributed by atoms with E-state index in [1.807, 2.05) is 36.6 Å². The summed E-state index contributed by atoms with van der Waals surface area (Å²) in [5, 5.41) is 4.43. The lowest BCUT2D eigenvalue weighted by molar-refractivity contribution is 0.0601. The Kier molecular flexibility index (Phi) is 6.33. The molecule has 34 heavy (non-hydrogen) atoms. The maximum atomic E-state index is 13.3. The van der Waals surface area contributed by atoms with Crippen molar-refractivity contribution in [1.29, 1.82) is 0 Å². The van der Waals surface area contributed by atoms with Crippen LogP contribution in [-0.2, 0) is 4.74 Å². The summed E-state index contributed by atoms with van der Waals surface area (Å²) in [5.74, 6) is -0.855. The zero-order valence-corrected chi connectivity index (χ0v) is 19.7. The zero-order chi connectivity index (χ0) is 24.4. The average Bonchev–Trinajstić information content (AvgIpc) is 3.29. The van der Waals surface area contributed by atoms with Gasteiger partial charge in [0, 0.05) is 23.7 Å². The molecule has 1 N–H and O–H groups in total. The molecule has 9 nitrogen and oxygen atoms in total. The first-order valence-corrected chi connectivity index (χ1v) is 11.0. The number of benzene rings is 2. The van der Waals surface area contributed by atoms with Gasteiger partial charge in [-0.25, -0.2) is 9.78 Å². The van der Waals surface area contributed by atoms with E-state index < -0.39 is 17.4 Å². The van der Waals surface area contributed by atoms with Crippen LogP contribution in [0.2, 0.25) is 0 Å². The van der Waals surface area contributed by atoms with Gasteiger partial charge in [-0.1, -0.05) is 29.8 Å². The Balaban J connectivity index is 1.78. The number of amides is 1. The second-order valence-corrected chi connectivity index (χ2v) is 8.12. The normalized spacial score (nSPS) is 10.7. The fourth-order valence-electron chi connectivity index (χ4n) is 3.42. The number of anilines is 1. The molecule has 1 amide bonds. The molecule has 0 spiro atoms. The van der Waals surface area contributed by atoms with Crippen LogP contribution < -0.4 is 20.3 Å². The van der Waals surface area contributed by atoms with E-state index in [-0.39, 0.29) is 28.3 Å². The van der Waals surface area contributed by atoms with Crippen LogP contribution in [0.5, 0.6) is 11.5 Å². The summed E-state index contributed by atoms with van der Waals surface area (Å²) in [6.45, 7) is 1.97. The van der Waals surface area contributed by atoms with Crippen LogP contribution in [0.15, 0.2) is 52.8 Å². The van der Waals surface area contributed by atoms with Crippen LogP contribution in [0.4, 0.5) is 5.69 Å². The molecule has 0 aliphatic heterocycles. The third kappa shape index (κ3) is 4.11. The van der Waals surface area contributed by atoms with Gasteiger partial charge in [-0.05, 0) is 12.5 Å². The lowest BCUT2D eigenvalue weighted by atomic mass is 10.1. The van der Waals surface area contributed by atoms with Crippen molar-refractivity contribution < 1.29 is 23.8 Å². The number of thiazole rings is 1. The predicted molar refractivity (Wildman–Crippen MR) is 128 cm³/mol. The Bertz CT molecular complexity index is 1460. The van der Waals surface area contributed by atoms with Gasteiger partial charge < -0.3 is 19.5 Å². The maximum Gasteiger partial charge on any atom is 0.340 e. The lowest BCUT2D eigenvalue weighted by Gasteiger charge is -2.14. The van der Waals surface area contributed by atoms with Gasteiger partial charge >= 0.3 is 5.97 Å². The Morgan fingerprint density at radius 1 is 1.00 bits per heavy atom. The van der Waals surface area contributed by atoms with Gasteiger partial charge in [0.1, 0.15) is 5.56 Å².